The van der Waals surface area contributed by atoms with Crippen molar-refractivity contribution in [2.45, 2.75) is 33.6 Å². The summed E-state index contributed by atoms with van der Waals surface area (Å²) >= 11 is 0. The molecule has 0 radical (unpaired) electrons. The topological polar surface area (TPSA) is 74.6 Å². The van der Waals surface area contributed by atoms with Gasteiger partial charge in [-0.2, -0.15) is 0 Å². The van der Waals surface area contributed by atoms with Gasteiger partial charge in [0.25, 0.3) is 0 Å². The summed E-state index contributed by atoms with van der Waals surface area (Å²) in [7, 11) is 0. The van der Waals surface area contributed by atoms with E-state index in [-0.39, 0.29) is 11.1 Å². The molecule has 4 rings (SSSR count). The zero-order chi connectivity index (χ0) is 25.8. The number of benzene rings is 4. The molecule has 0 spiro atoms. The van der Waals surface area contributed by atoms with Crippen LogP contribution in [0, 0.1) is 5.92 Å². The van der Waals surface area contributed by atoms with Crippen molar-refractivity contribution in [3.8, 4) is 33.4 Å². The van der Waals surface area contributed by atoms with Gasteiger partial charge in [-0.05, 0) is 75.4 Å². The Labute approximate surface area is 211 Å². The van der Waals surface area contributed by atoms with E-state index in [9.17, 15) is 19.8 Å². The first-order chi connectivity index (χ1) is 17.3. The Kier molecular flexibility index (Phi) is 7.35. The molecule has 36 heavy (non-hydrogen) atoms. The fourth-order valence-corrected chi connectivity index (χ4v) is 4.93. The summed E-state index contributed by atoms with van der Waals surface area (Å²) in [5.41, 5.74) is 7.29. The van der Waals surface area contributed by atoms with Gasteiger partial charge in [-0.25, -0.2) is 9.59 Å². The molecule has 2 N–H and O–H groups in total. The number of hydrogen-bond donors (Lipinski definition) is 2. The van der Waals surface area contributed by atoms with Crippen LogP contribution in [0.2, 0.25) is 0 Å². The highest BCUT2D eigenvalue weighted by molar-refractivity contribution is 6.05. The molecule has 0 heterocycles. The summed E-state index contributed by atoms with van der Waals surface area (Å²) < 4.78 is 0. The number of carboxylic acids is 2. The van der Waals surface area contributed by atoms with E-state index in [4.69, 9.17) is 0 Å². The van der Waals surface area contributed by atoms with Gasteiger partial charge in [-0.15, -0.1) is 0 Å². The van der Waals surface area contributed by atoms with Gasteiger partial charge >= 0.3 is 11.9 Å². The zero-order valence-electron chi connectivity index (χ0n) is 20.8. The van der Waals surface area contributed by atoms with Crippen molar-refractivity contribution in [2.24, 2.45) is 5.92 Å². The molecule has 182 valence electrons. The van der Waals surface area contributed by atoms with E-state index in [1.165, 1.54) is 0 Å². The molecule has 4 nitrogen and oxygen atoms in total. The molecule has 0 aliphatic carbocycles. The lowest BCUT2D eigenvalue weighted by Crippen LogP contribution is -2.09. The van der Waals surface area contributed by atoms with Crippen LogP contribution in [-0.2, 0) is 12.8 Å². The molecule has 0 aromatic heterocycles. The number of aryl methyl sites for hydroxylation is 1. The van der Waals surface area contributed by atoms with Gasteiger partial charge in [0, 0.05) is 0 Å². The van der Waals surface area contributed by atoms with Crippen LogP contribution in [0.25, 0.3) is 33.4 Å². The third-order valence-electron chi connectivity index (χ3n) is 6.45. The lowest BCUT2D eigenvalue weighted by atomic mass is 9.78. The van der Waals surface area contributed by atoms with Crippen LogP contribution in [0.4, 0.5) is 0 Å². The van der Waals surface area contributed by atoms with E-state index in [0.29, 0.717) is 29.9 Å². The minimum Gasteiger partial charge on any atom is -0.478 e. The molecule has 0 bridgehead atoms. The van der Waals surface area contributed by atoms with Crippen molar-refractivity contribution >= 4 is 11.9 Å². The highest BCUT2D eigenvalue weighted by Crippen LogP contribution is 2.45. The second kappa shape index (κ2) is 10.6. The zero-order valence-corrected chi connectivity index (χ0v) is 20.8. The van der Waals surface area contributed by atoms with E-state index >= 15 is 0 Å². The average Bonchev–Trinajstić information content (AvgIpc) is 2.88. The van der Waals surface area contributed by atoms with Gasteiger partial charge in [-0.1, -0.05) is 93.6 Å². The van der Waals surface area contributed by atoms with Crippen molar-refractivity contribution in [3.63, 3.8) is 0 Å². The Morgan fingerprint density at radius 2 is 1.19 bits per heavy atom. The first kappa shape index (κ1) is 24.9. The molecule has 0 amide bonds. The Hall–Kier alpha value is -4.18. The molecule has 0 saturated carbocycles. The molecule has 0 fully saturated rings. The molecule has 0 aliphatic heterocycles. The van der Waals surface area contributed by atoms with Gasteiger partial charge in [0.05, 0.1) is 11.1 Å². The molecule has 0 unspecified atom stereocenters. The van der Waals surface area contributed by atoms with E-state index < -0.39 is 11.9 Å². The molecule has 0 saturated heterocycles. The third-order valence-corrected chi connectivity index (χ3v) is 6.45. The maximum atomic E-state index is 12.4. The summed E-state index contributed by atoms with van der Waals surface area (Å²) in [5.74, 6) is -1.73. The number of aromatic carboxylic acids is 2. The number of carbonyl (C=O) groups is 2. The van der Waals surface area contributed by atoms with Crippen LogP contribution in [0.1, 0.15) is 52.6 Å². The van der Waals surface area contributed by atoms with Crippen LogP contribution in [0.3, 0.4) is 0 Å². The van der Waals surface area contributed by atoms with Gasteiger partial charge < -0.3 is 10.2 Å². The predicted molar refractivity (Wildman–Crippen MR) is 145 cm³/mol. The van der Waals surface area contributed by atoms with Crippen molar-refractivity contribution in [3.05, 3.63) is 107 Å². The second-order valence-corrected chi connectivity index (χ2v) is 9.33. The quantitative estimate of drug-likeness (QED) is 0.270. The maximum absolute atomic E-state index is 12.4. The van der Waals surface area contributed by atoms with Crippen LogP contribution in [0.5, 0.6) is 0 Å². The first-order valence-corrected chi connectivity index (χ1v) is 12.2. The van der Waals surface area contributed by atoms with E-state index in [2.05, 4.69) is 32.0 Å². The molecule has 4 heteroatoms. The van der Waals surface area contributed by atoms with E-state index in [1.807, 2.05) is 49.4 Å². The summed E-state index contributed by atoms with van der Waals surface area (Å²) in [4.78, 5) is 24.6. The normalized spacial score (nSPS) is 11.0. The fourth-order valence-electron chi connectivity index (χ4n) is 4.93. The van der Waals surface area contributed by atoms with Crippen molar-refractivity contribution in [2.75, 3.05) is 0 Å². The van der Waals surface area contributed by atoms with Crippen LogP contribution >= 0.6 is 0 Å². The largest absolute Gasteiger partial charge is 0.478 e. The summed E-state index contributed by atoms with van der Waals surface area (Å²) in [6.45, 7) is 6.33. The van der Waals surface area contributed by atoms with Crippen LogP contribution in [-0.4, -0.2) is 22.2 Å². The minimum absolute atomic E-state index is 0.198. The van der Waals surface area contributed by atoms with Gasteiger partial charge in [-0.3, -0.25) is 0 Å². The minimum atomic E-state index is -1.01. The standard InChI is InChI=1S/C32H30O4/c1-4-21-19-27(22-12-6-5-7-13-22)28(18-20(2)3)30(24-15-9-11-17-26(24)32(35)36)29(21)23-14-8-10-16-25(23)31(33)34/h5-17,19-20H,4,18H2,1-3H3,(H,33,34)(H,35,36). The average molecular weight is 479 g/mol. The van der Waals surface area contributed by atoms with Gasteiger partial charge in [0.2, 0.25) is 0 Å². The summed E-state index contributed by atoms with van der Waals surface area (Å²) in [6, 6.07) is 26.3. The molecular weight excluding hydrogens is 448 g/mol. The molecular formula is C32H30O4. The number of carboxylic acid groups (broad SMARTS) is 2. The lowest BCUT2D eigenvalue weighted by Gasteiger charge is -2.25. The summed E-state index contributed by atoms with van der Waals surface area (Å²) in [6.07, 6.45) is 1.37. The molecule has 0 aliphatic rings. The van der Waals surface area contributed by atoms with Crippen molar-refractivity contribution in [1.82, 2.24) is 0 Å². The lowest BCUT2D eigenvalue weighted by molar-refractivity contribution is 0.0686. The van der Waals surface area contributed by atoms with Crippen molar-refractivity contribution < 1.29 is 19.8 Å². The molecule has 0 atom stereocenters. The molecule has 4 aromatic rings. The van der Waals surface area contributed by atoms with Gasteiger partial charge in [0.1, 0.15) is 0 Å². The van der Waals surface area contributed by atoms with Crippen LogP contribution in [0.15, 0.2) is 84.9 Å². The smallest absolute Gasteiger partial charge is 0.336 e. The van der Waals surface area contributed by atoms with Crippen LogP contribution < -0.4 is 0 Å². The second-order valence-electron chi connectivity index (χ2n) is 9.33. The van der Waals surface area contributed by atoms with Gasteiger partial charge in [0.15, 0.2) is 0 Å². The fraction of sp³-hybridized carbons (Fsp3) is 0.188. The number of hydrogen-bond acceptors (Lipinski definition) is 2. The Morgan fingerprint density at radius 3 is 1.69 bits per heavy atom. The van der Waals surface area contributed by atoms with E-state index in [0.717, 1.165) is 33.4 Å². The SMILES string of the molecule is CCc1cc(-c2ccccc2)c(CC(C)C)c(-c2ccccc2C(=O)O)c1-c1ccccc1C(=O)O. The maximum Gasteiger partial charge on any atom is 0.336 e. The first-order valence-electron chi connectivity index (χ1n) is 12.2. The Morgan fingerprint density at radius 1 is 0.694 bits per heavy atom. The Balaban J connectivity index is 2.26. The number of rotatable bonds is 8. The highest BCUT2D eigenvalue weighted by Gasteiger charge is 2.26. The Bertz CT molecular complexity index is 1420. The monoisotopic (exact) mass is 478 g/mol. The van der Waals surface area contributed by atoms with E-state index in [1.54, 1.807) is 24.3 Å². The highest BCUT2D eigenvalue weighted by atomic mass is 16.4. The molecule has 4 aromatic carbocycles. The third kappa shape index (κ3) is 4.80. The van der Waals surface area contributed by atoms with Crippen molar-refractivity contribution in [1.29, 1.82) is 0 Å². The summed E-state index contributed by atoms with van der Waals surface area (Å²) in [5, 5.41) is 20.2. The predicted octanol–water partition coefficient (Wildman–Crippen LogP) is 7.84.